The van der Waals surface area contributed by atoms with Gasteiger partial charge in [0.2, 0.25) is 0 Å². The summed E-state index contributed by atoms with van der Waals surface area (Å²) in [5, 5.41) is 0. The average molecular weight is 323 g/mol. The fraction of sp³-hybridized carbons (Fsp3) is 0.857. The van der Waals surface area contributed by atoms with Crippen LogP contribution in [0, 0.1) is 5.92 Å². The SMILES string of the molecule is CCCCCCCCCCCCOC(=O)/C=C\C1CCCCC1. The molecule has 0 aromatic rings. The Balaban J connectivity index is 1.84. The van der Waals surface area contributed by atoms with E-state index in [2.05, 4.69) is 13.0 Å². The largest absolute Gasteiger partial charge is 0.463 e. The molecule has 1 fully saturated rings. The van der Waals surface area contributed by atoms with Crippen molar-refractivity contribution in [1.29, 1.82) is 0 Å². The maximum atomic E-state index is 11.6. The molecule has 0 radical (unpaired) electrons. The van der Waals surface area contributed by atoms with E-state index in [1.54, 1.807) is 6.08 Å². The highest BCUT2D eigenvalue weighted by molar-refractivity contribution is 5.81. The highest BCUT2D eigenvalue weighted by Crippen LogP contribution is 2.24. The van der Waals surface area contributed by atoms with Crippen LogP contribution in [0.5, 0.6) is 0 Å². The lowest BCUT2D eigenvalue weighted by atomic mass is 9.89. The summed E-state index contributed by atoms with van der Waals surface area (Å²) < 4.78 is 5.28. The Kier molecular flexibility index (Phi) is 13.0. The van der Waals surface area contributed by atoms with E-state index in [1.165, 1.54) is 89.9 Å². The van der Waals surface area contributed by atoms with Crippen molar-refractivity contribution >= 4 is 5.97 Å². The van der Waals surface area contributed by atoms with E-state index in [-0.39, 0.29) is 5.97 Å². The third-order valence-electron chi connectivity index (χ3n) is 4.90. The Morgan fingerprint density at radius 1 is 0.870 bits per heavy atom. The fourth-order valence-corrected chi connectivity index (χ4v) is 3.35. The number of carbonyl (C=O) groups is 1. The van der Waals surface area contributed by atoms with Crippen LogP contribution >= 0.6 is 0 Å². The maximum absolute atomic E-state index is 11.6. The molecule has 1 saturated carbocycles. The van der Waals surface area contributed by atoms with E-state index in [0.29, 0.717) is 12.5 Å². The molecule has 134 valence electrons. The van der Waals surface area contributed by atoms with E-state index in [4.69, 9.17) is 4.74 Å². The van der Waals surface area contributed by atoms with E-state index in [1.807, 2.05) is 0 Å². The van der Waals surface area contributed by atoms with Gasteiger partial charge in [-0.1, -0.05) is 90.0 Å². The molecule has 0 N–H and O–H groups in total. The summed E-state index contributed by atoms with van der Waals surface area (Å²) in [6.45, 7) is 2.85. The minimum absolute atomic E-state index is 0.147. The third kappa shape index (κ3) is 12.3. The predicted molar refractivity (Wildman–Crippen MR) is 98.5 cm³/mol. The van der Waals surface area contributed by atoms with Gasteiger partial charge in [0.15, 0.2) is 0 Å². The van der Waals surface area contributed by atoms with Gasteiger partial charge in [-0.2, -0.15) is 0 Å². The molecule has 0 aromatic heterocycles. The standard InChI is InChI=1S/C21H38O2/c1-2-3-4-5-6-7-8-9-10-14-19-23-21(22)18-17-20-15-12-11-13-16-20/h17-18,20H,2-16,19H2,1H3/b18-17-. The van der Waals surface area contributed by atoms with Gasteiger partial charge in [0, 0.05) is 6.08 Å². The van der Waals surface area contributed by atoms with Crippen molar-refractivity contribution in [2.45, 2.75) is 103 Å². The first-order valence-corrected chi connectivity index (χ1v) is 10.2. The molecule has 0 heterocycles. The predicted octanol–water partition coefficient (Wildman–Crippen LogP) is 6.59. The topological polar surface area (TPSA) is 26.3 Å². The third-order valence-corrected chi connectivity index (χ3v) is 4.90. The Hall–Kier alpha value is -0.790. The van der Waals surface area contributed by atoms with Gasteiger partial charge in [-0.3, -0.25) is 0 Å². The molecular weight excluding hydrogens is 284 g/mol. The summed E-state index contributed by atoms with van der Waals surface area (Å²) >= 11 is 0. The van der Waals surface area contributed by atoms with E-state index < -0.39 is 0 Å². The molecule has 0 saturated heterocycles. The van der Waals surface area contributed by atoms with Crippen LogP contribution in [0.4, 0.5) is 0 Å². The number of hydrogen-bond donors (Lipinski definition) is 0. The summed E-state index contributed by atoms with van der Waals surface area (Å²) in [7, 11) is 0. The highest BCUT2D eigenvalue weighted by atomic mass is 16.5. The first-order valence-electron chi connectivity index (χ1n) is 10.2. The van der Waals surface area contributed by atoms with Crippen LogP contribution < -0.4 is 0 Å². The van der Waals surface area contributed by atoms with Crippen molar-refractivity contribution < 1.29 is 9.53 Å². The van der Waals surface area contributed by atoms with E-state index in [9.17, 15) is 4.79 Å². The van der Waals surface area contributed by atoms with Crippen LogP contribution in [0.2, 0.25) is 0 Å². The monoisotopic (exact) mass is 322 g/mol. The van der Waals surface area contributed by atoms with Gasteiger partial charge < -0.3 is 4.74 Å². The van der Waals surface area contributed by atoms with E-state index >= 15 is 0 Å². The smallest absolute Gasteiger partial charge is 0.330 e. The van der Waals surface area contributed by atoms with Gasteiger partial charge >= 0.3 is 5.97 Å². The van der Waals surface area contributed by atoms with Crippen LogP contribution in [0.25, 0.3) is 0 Å². The number of rotatable bonds is 13. The molecule has 0 spiro atoms. The molecule has 1 rings (SSSR count). The number of carbonyl (C=O) groups excluding carboxylic acids is 1. The summed E-state index contributed by atoms with van der Waals surface area (Å²) in [5.41, 5.74) is 0. The van der Waals surface area contributed by atoms with Crippen LogP contribution in [0.15, 0.2) is 12.2 Å². The lowest BCUT2D eigenvalue weighted by Gasteiger charge is -2.17. The van der Waals surface area contributed by atoms with Crippen LogP contribution in [0.1, 0.15) is 103 Å². The van der Waals surface area contributed by atoms with Crippen LogP contribution in [-0.4, -0.2) is 12.6 Å². The summed E-state index contributed by atoms with van der Waals surface area (Å²) in [4.78, 5) is 11.6. The first kappa shape index (κ1) is 20.3. The number of hydrogen-bond acceptors (Lipinski definition) is 2. The first-order chi connectivity index (χ1) is 11.3. The number of ether oxygens (including phenoxy) is 1. The highest BCUT2D eigenvalue weighted by Gasteiger charge is 2.10. The van der Waals surface area contributed by atoms with Crippen LogP contribution in [-0.2, 0) is 9.53 Å². The zero-order chi connectivity index (χ0) is 16.6. The zero-order valence-electron chi connectivity index (χ0n) is 15.4. The Bertz CT molecular complexity index is 303. The van der Waals surface area contributed by atoms with Crippen molar-refractivity contribution in [3.63, 3.8) is 0 Å². The lowest BCUT2D eigenvalue weighted by Crippen LogP contribution is -2.06. The molecular formula is C21H38O2. The summed E-state index contributed by atoms with van der Waals surface area (Å²) in [6.07, 6.45) is 23.3. The van der Waals surface area contributed by atoms with Gasteiger partial charge in [-0.15, -0.1) is 0 Å². The molecule has 23 heavy (non-hydrogen) atoms. The molecule has 0 bridgehead atoms. The van der Waals surface area contributed by atoms with Gasteiger partial charge in [-0.25, -0.2) is 4.79 Å². The zero-order valence-corrected chi connectivity index (χ0v) is 15.4. The molecule has 0 unspecified atom stereocenters. The van der Waals surface area contributed by atoms with E-state index in [0.717, 1.165) is 6.42 Å². The Morgan fingerprint density at radius 3 is 2.04 bits per heavy atom. The molecule has 1 aliphatic rings. The second kappa shape index (κ2) is 14.8. The van der Waals surface area contributed by atoms with Gasteiger partial charge in [0.25, 0.3) is 0 Å². The Labute approximate surface area is 144 Å². The quantitative estimate of drug-likeness (QED) is 0.217. The van der Waals surface area contributed by atoms with Crippen molar-refractivity contribution in [1.82, 2.24) is 0 Å². The average Bonchev–Trinajstić information content (AvgIpc) is 2.59. The molecule has 0 amide bonds. The molecule has 1 aliphatic carbocycles. The minimum Gasteiger partial charge on any atom is -0.463 e. The number of esters is 1. The van der Waals surface area contributed by atoms with Gasteiger partial charge in [0.05, 0.1) is 6.61 Å². The lowest BCUT2D eigenvalue weighted by molar-refractivity contribution is -0.137. The van der Waals surface area contributed by atoms with Crippen molar-refractivity contribution in [3.8, 4) is 0 Å². The molecule has 0 aliphatic heterocycles. The van der Waals surface area contributed by atoms with Crippen LogP contribution in [0.3, 0.4) is 0 Å². The second-order valence-electron chi connectivity index (χ2n) is 7.11. The normalized spacial score (nSPS) is 16.0. The van der Waals surface area contributed by atoms with Crippen molar-refractivity contribution in [3.05, 3.63) is 12.2 Å². The minimum atomic E-state index is -0.147. The molecule has 0 atom stereocenters. The number of allylic oxidation sites excluding steroid dienone is 1. The van der Waals surface area contributed by atoms with Crippen molar-refractivity contribution in [2.24, 2.45) is 5.92 Å². The van der Waals surface area contributed by atoms with Gasteiger partial charge in [-0.05, 0) is 25.2 Å². The fourth-order valence-electron chi connectivity index (χ4n) is 3.35. The van der Waals surface area contributed by atoms with Crippen molar-refractivity contribution in [2.75, 3.05) is 6.61 Å². The second-order valence-corrected chi connectivity index (χ2v) is 7.11. The van der Waals surface area contributed by atoms with Gasteiger partial charge in [0.1, 0.15) is 0 Å². The summed E-state index contributed by atoms with van der Waals surface area (Å²) in [5.74, 6) is 0.458. The Morgan fingerprint density at radius 2 is 1.43 bits per heavy atom. The molecule has 2 nitrogen and oxygen atoms in total. The summed E-state index contributed by atoms with van der Waals surface area (Å²) in [6, 6.07) is 0. The maximum Gasteiger partial charge on any atom is 0.330 e. The molecule has 0 aromatic carbocycles. The number of unbranched alkanes of at least 4 members (excludes halogenated alkanes) is 9. The molecule has 2 heteroatoms.